The standard InChI is InChI=1S/C26H28N6O3/c1-15-13-18(14-16(2)23(15)35-4)22(29-19-11-9-17(10-12-19)24(27)28)25-30-26(33)32(31-25)20-7-5-6-8-21(20)34-3/h5-14,22,29H,1-4H3,(H3,27,28)(H,30,31,33). The van der Waals surface area contributed by atoms with E-state index in [1.807, 2.05) is 50.2 Å². The summed E-state index contributed by atoms with van der Waals surface area (Å²) >= 11 is 0. The van der Waals surface area contributed by atoms with Crippen molar-refractivity contribution in [2.24, 2.45) is 5.73 Å². The normalized spacial score (nSPS) is 11.7. The van der Waals surface area contributed by atoms with Gasteiger partial charge in [-0.15, -0.1) is 5.10 Å². The van der Waals surface area contributed by atoms with Crippen LogP contribution in [0, 0.1) is 19.3 Å². The van der Waals surface area contributed by atoms with Crippen molar-refractivity contribution in [3.05, 3.63) is 99.2 Å². The van der Waals surface area contributed by atoms with E-state index in [-0.39, 0.29) is 11.5 Å². The van der Waals surface area contributed by atoms with Crippen LogP contribution in [-0.2, 0) is 0 Å². The molecule has 1 aromatic heterocycles. The number of rotatable bonds is 8. The van der Waals surface area contributed by atoms with Gasteiger partial charge in [-0.2, -0.15) is 4.68 Å². The van der Waals surface area contributed by atoms with Crippen LogP contribution in [0.15, 0.2) is 65.5 Å². The van der Waals surface area contributed by atoms with E-state index < -0.39 is 6.04 Å². The Balaban J connectivity index is 1.82. The number of aromatic amines is 1. The quantitative estimate of drug-likeness (QED) is 0.229. The molecule has 4 aromatic rings. The zero-order chi connectivity index (χ0) is 25.1. The van der Waals surface area contributed by atoms with Crippen LogP contribution >= 0.6 is 0 Å². The summed E-state index contributed by atoms with van der Waals surface area (Å²) in [5.74, 6) is 1.77. The minimum atomic E-state index is -0.481. The molecule has 0 saturated heterocycles. The van der Waals surface area contributed by atoms with Gasteiger partial charge in [0, 0.05) is 11.3 Å². The van der Waals surface area contributed by atoms with Gasteiger partial charge in [0.1, 0.15) is 29.1 Å². The third-order valence-corrected chi connectivity index (χ3v) is 5.75. The molecule has 35 heavy (non-hydrogen) atoms. The molecular weight excluding hydrogens is 444 g/mol. The van der Waals surface area contributed by atoms with Gasteiger partial charge in [0.25, 0.3) is 0 Å². The average molecular weight is 473 g/mol. The molecule has 0 aliphatic rings. The smallest absolute Gasteiger partial charge is 0.348 e. The molecule has 9 heteroatoms. The average Bonchev–Trinajstić information content (AvgIpc) is 3.23. The number of H-pyrrole nitrogens is 1. The van der Waals surface area contributed by atoms with Crippen molar-refractivity contribution < 1.29 is 9.47 Å². The van der Waals surface area contributed by atoms with Gasteiger partial charge in [-0.3, -0.25) is 10.4 Å². The molecule has 4 rings (SSSR count). The van der Waals surface area contributed by atoms with Crippen LogP contribution in [0.1, 0.15) is 34.1 Å². The van der Waals surface area contributed by atoms with E-state index in [9.17, 15) is 4.79 Å². The molecule has 0 spiro atoms. The van der Waals surface area contributed by atoms with Gasteiger partial charge in [0.2, 0.25) is 0 Å². The number of amidine groups is 1. The molecule has 1 unspecified atom stereocenters. The first kappa shape index (κ1) is 23.6. The highest BCUT2D eigenvalue weighted by molar-refractivity contribution is 5.95. The number of nitrogens with one attached hydrogen (secondary N) is 3. The summed E-state index contributed by atoms with van der Waals surface area (Å²) in [6, 6.07) is 17.9. The Bertz CT molecular complexity index is 1400. The second-order valence-corrected chi connectivity index (χ2v) is 8.16. The van der Waals surface area contributed by atoms with Gasteiger partial charge in [0.15, 0.2) is 5.82 Å². The van der Waals surface area contributed by atoms with Gasteiger partial charge in [-0.25, -0.2) is 4.79 Å². The van der Waals surface area contributed by atoms with E-state index in [4.69, 9.17) is 20.6 Å². The summed E-state index contributed by atoms with van der Waals surface area (Å²) < 4.78 is 12.3. The number of aromatic nitrogens is 3. The van der Waals surface area contributed by atoms with Crippen LogP contribution in [0.2, 0.25) is 0 Å². The Morgan fingerprint density at radius 1 is 1.06 bits per heavy atom. The molecule has 0 bridgehead atoms. The molecule has 0 radical (unpaired) electrons. The summed E-state index contributed by atoms with van der Waals surface area (Å²) in [6.45, 7) is 3.95. The second kappa shape index (κ2) is 9.76. The number of nitrogen functional groups attached to an aromatic ring is 1. The summed E-state index contributed by atoms with van der Waals surface area (Å²) in [6.07, 6.45) is 0. The second-order valence-electron chi connectivity index (χ2n) is 8.16. The fourth-order valence-electron chi connectivity index (χ4n) is 4.13. The maximum atomic E-state index is 13.0. The van der Waals surface area contributed by atoms with Crippen LogP contribution in [-0.4, -0.2) is 34.8 Å². The molecule has 5 N–H and O–H groups in total. The highest BCUT2D eigenvalue weighted by Crippen LogP contribution is 2.31. The van der Waals surface area contributed by atoms with Crippen LogP contribution in [0.4, 0.5) is 5.69 Å². The van der Waals surface area contributed by atoms with E-state index in [1.165, 1.54) is 4.68 Å². The van der Waals surface area contributed by atoms with E-state index in [2.05, 4.69) is 15.4 Å². The van der Waals surface area contributed by atoms with Crippen molar-refractivity contribution in [1.29, 1.82) is 5.41 Å². The molecule has 0 aliphatic heterocycles. The number of ether oxygens (including phenoxy) is 2. The van der Waals surface area contributed by atoms with Crippen molar-refractivity contribution in [3.63, 3.8) is 0 Å². The molecule has 0 saturated carbocycles. The number of hydrogen-bond acceptors (Lipinski definition) is 6. The lowest BCUT2D eigenvalue weighted by atomic mass is 9.99. The SMILES string of the molecule is COc1ccccc1-n1nc(C(Nc2ccc(C(=N)N)cc2)c2cc(C)c(OC)c(C)c2)[nH]c1=O. The number of hydrogen-bond donors (Lipinski definition) is 4. The third-order valence-electron chi connectivity index (χ3n) is 5.75. The van der Waals surface area contributed by atoms with Crippen molar-refractivity contribution >= 4 is 11.5 Å². The van der Waals surface area contributed by atoms with Crippen molar-refractivity contribution in [1.82, 2.24) is 14.8 Å². The first-order valence-electron chi connectivity index (χ1n) is 11.0. The van der Waals surface area contributed by atoms with E-state index in [1.54, 1.807) is 38.5 Å². The predicted molar refractivity (Wildman–Crippen MR) is 136 cm³/mol. The Morgan fingerprint density at radius 3 is 2.31 bits per heavy atom. The Kier molecular flexibility index (Phi) is 6.59. The molecule has 1 atom stereocenters. The number of benzene rings is 3. The minimum absolute atomic E-state index is 0.00520. The molecule has 9 nitrogen and oxygen atoms in total. The lowest BCUT2D eigenvalue weighted by Gasteiger charge is -2.21. The molecule has 0 amide bonds. The minimum Gasteiger partial charge on any atom is -0.496 e. The number of para-hydroxylation sites is 2. The van der Waals surface area contributed by atoms with Gasteiger partial charge in [-0.05, 0) is 79.1 Å². The van der Waals surface area contributed by atoms with Crippen molar-refractivity contribution in [3.8, 4) is 17.2 Å². The highest BCUT2D eigenvalue weighted by Gasteiger charge is 2.23. The lowest BCUT2D eigenvalue weighted by molar-refractivity contribution is 0.408. The van der Waals surface area contributed by atoms with Gasteiger partial charge in [0.05, 0.1) is 14.2 Å². The Morgan fingerprint density at radius 2 is 1.71 bits per heavy atom. The third kappa shape index (κ3) is 4.74. The number of nitrogens with two attached hydrogens (primary N) is 1. The Labute approximate surface area is 203 Å². The zero-order valence-electron chi connectivity index (χ0n) is 20.0. The number of aryl methyl sites for hydroxylation is 2. The number of methoxy groups -OCH3 is 2. The zero-order valence-corrected chi connectivity index (χ0v) is 20.0. The molecular formula is C26H28N6O3. The van der Waals surface area contributed by atoms with Crippen molar-refractivity contribution in [2.75, 3.05) is 19.5 Å². The summed E-state index contributed by atoms with van der Waals surface area (Å²) in [5.41, 5.74) is 9.98. The van der Waals surface area contributed by atoms with Gasteiger partial charge in [-0.1, -0.05) is 12.1 Å². The van der Waals surface area contributed by atoms with Crippen LogP contribution in [0.25, 0.3) is 5.69 Å². The number of nitrogens with zero attached hydrogens (tertiary/aromatic N) is 2. The maximum absolute atomic E-state index is 13.0. The topological polar surface area (TPSA) is 131 Å². The first-order valence-corrected chi connectivity index (χ1v) is 11.0. The molecule has 3 aromatic carbocycles. The molecule has 1 heterocycles. The van der Waals surface area contributed by atoms with E-state index in [0.717, 1.165) is 28.1 Å². The first-order chi connectivity index (χ1) is 16.8. The monoisotopic (exact) mass is 472 g/mol. The summed E-state index contributed by atoms with van der Waals surface area (Å²) in [7, 11) is 3.20. The molecule has 180 valence electrons. The van der Waals surface area contributed by atoms with Crippen LogP contribution in [0.5, 0.6) is 11.5 Å². The molecule has 0 aliphatic carbocycles. The van der Waals surface area contributed by atoms with Gasteiger partial charge < -0.3 is 20.5 Å². The van der Waals surface area contributed by atoms with E-state index in [0.29, 0.717) is 22.8 Å². The van der Waals surface area contributed by atoms with Crippen molar-refractivity contribution in [2.45, 2.75) is 19.9 Å². The van der Waals surface area contributed by atoms with Crippen LogP contribution in [0.3, 0.4) is 0 Å². The maximum Gasteiger partial charge on any atom is 0.348 e. The number of anilines is 1. The van der Waals surface area contributed by atoms with Gasteiger partial charge >= 0.3 is 5.69 Å². The van der Waals surface area contributed by atoms with E-state index >= 15 is 0 Å². The van der Waals surface area contributed by atoms with Crippen LogP contribution < -0.4 is 26.2 Å². The predicted octanol–water partition coefficient (Wildman–Crippen LogP) is 3.68. The fraction of sp³-hybridized carbons (Fsp3) is 0.192. The molecule has 0 fully saturated rings. The highest BCUT2D eigenvalue weighted by atomic mass is 16.5. The Hall–Kier alpha value is -4.53. The summed E-state index contributed by atoms with van der Waals surface area (Å²) in [5, 5.41) is 15.7. The lowest BCUT2D eigenvalue weighted by Crippen LogP contribution is -2.16. The summed E-state index contributed by atoms with van der Waals surface area (Å²) in [4.78, 5) is 15.9. The fourth-order valence-corrected chi connectivity index (χ4v) is 4.13. The largest absolute Gasteiger partial charge is 0.496 e.